The molecule has 0 heterocycles. The SMILES string of the molecule is CCN(CC1CC1)C(=O)NC1CCCCC1C(=O)O. The van der Waals surface area contributed by atoms with Crippen molar-refractivity contribution >= 4 is 12.0 Å². The van der Waals surface area contributed by atoms with Crippen molar-refractivity contribution in [2.24, 2.45) is 11.8 Å². The summed E-state index contributed by atoms with van der Waals surface area (Å²) in [5, 5.41) is 12.1. The topological polar surface area (TPSA) is 69.6 Å². The maximum absolute atomic E-state index is 12.2. The molecule has 2 rings (SSSR count). The van der Waals surface area contributed by atoms with Crippen LogP contribution in [0.25, 0.3) is 0 Å². The Morgan fingerprint density at radius 2 is 1.89 bits per heavy atom. The summed E-state index contributed by atoms with van der Waals surface area (Å²) in [6.07, 6.45) is 5.83. The quantitative estimate of drug-likeness (QED) is 0.802. The second kappa shape index (κ2) is 6.26. The third-order valence-electron chi connectivity index (χ3n) is 4.24. The first-order chi connectivity index (χ1) is 9.11. The number of carboxylic acids is 1. The molecule has 0 bridgehead atoms. The van der Waals surface area contributed by atoms with E-state index < -0.39 is 11.9 Å². The highest BCUT2D eigenvalue weighted by atomic mass is 16.4. The van der Waals surface area contributed by atoms with Crippen molar-refractivity contribution in [1.82, 2.24) is 10.2 Å². The van der Waals surface area contributed by atoms with E-state index in [0.29, 0.717) is 18.9 Å². The van der Waals surface area contributed by atoms with Gasteiger partial charge < -0.3 is 15.3 Å². The first-order valence-electron chi connectivity index (χ1n) is 7.40. The smallest absolute Gasteiger partial charge is 0.317 e. The Bertz CT molecular complexity index is 342. The van der Waals surface area contributed by atoms with E-state index in [0.717, 1.165) is 25.8 Å². The largest absolute Gasteiger partial charge is 0.481 e. The van der Waals surface area contributed by atoms with Crippen molar-refractivity contribution in [1.29, 1.82) is 0 Å². The van der Waals surface area contributed by atoms with E-state index in [-0.39, 0.29) is 12.1 Å². The van der Waals surface area contributed by atoms with Crippen LogP contribution in [0, 0.1) is 11.8 Å². The Balaban J connectivity index is 1.89. The van der Waals surface area contributed by atoms with Crippen molar-refractivity contribution in [3.63, 3.8) is 0 Å². The van der Waals surface area contributed by atoms with Gasteiger partial charge in [0.2, 0.25) is 0 Å². The van der Waals surface area contributed by atoms with Gasteiger partial charge in [0.1, 0.15) is 0 Å². The summed E-state index contributed by atoms with van der Waals surface area (Å²) in [7, 11) is 0. The minimum atomic E-state index is -0.782. The average Bonchev–Trinajstić information content (AvgIpc) is 3.20. The molecule has 0 spiro atoms. The first-order valence-corrected chi connectivity index (χ1v) is 7.40. The summed E-state index contributed by atoms with van der Waals surface area (Å²) >= 11 is 0. The highest BCUT2D eigenvalue weighted by Gasteiger charge is 2.33. The summed E-state index contributed by atoms with van der Waals surface area (Å²) in [6.45, 7) is 3.47. The van der Waals surface area contributed by atoms with E-state index in [1.165, 1.54) is 12.8 Å². The lowest BCUT2D eigenvalue weighted by Gasteiger charge is -2.31. The normalized spacial score (nSPS) is 26.8. The summed E-state index contributed by atoms with van der Waals surface area (Å²) in [4.78, 5) is 25.2. The molecule has 2 aliphatic carbocycles. The molecule has 2 fully saturated rings. The Hall–Kier alpha value is -1.26. The Morgan fingerprint density at radius 3 is 2.47 bits per heavy atom. The molecule has 2 aliphatic rings. The highest BCUT2D eigenvalue weighted by molar-refractivity contribution is 5.77. The molecule has 108 valence electrons. The molecule has 0 saturated heterocycles. The molecular weight excluding hydrogens is 244 g/mol. The number of nitrogens with one attached hydrogen (secondary N) is 1. The average molecular weight is 268 g/mol. The molecule has 2 N–H and O–H groups in total. The van der Waals surface area contributed by atoms with Crippen LogP contribution < -0.4 is 5.32 Å². The van der Waals surface area contributed by atoms with Gasteiger partial charge in [-0.1, -0.05) is 12.8 Å². The molecular formula is C14H24N2O3. The Morgan fingerprint density at radius 1 is 1.21 bits per heavy atom. The van der Waals surface area contributed by atoms with E-state index >= 15 is 0 Å². The third-order valence-corrected chi connectivity index (χ3v) is 4.24. The van der Waals surface area contributed by atoms with E-state index in [2.05, 4.69) is 5.32 Å². The van der Waals surface area contributed by atoms with Crippen LogP contribution in [0.2, 0.25) is 0 Å². The molecule has 0 aromatic rings. The number of amides is 2. The van der Waals surface area contributed by atoms with Crippen molar-refractivity contribution < 1.29 is 14.7 Å². The lowest BCUT2D eigenvalue weighted by Crippen LogP contribution is -2.50. The number of aliphatic carboxylic acids is 1. The first kappa shape index (κ1) is 14.2. The molecule has 2 amide bonds. The number of hydrogen-bond donors (Lipinski definition) is 2. The second-order valence-corrected chi connectivity index (χ2v) is 5.77. The molecule has 2 saturated carbocycles. The van der Waals surface area contributed by atoms with Crippen molar-refractivity contribution in [2.75, 3.05) is 13.1 Å². The van der Waals surface area contributed by atoms with Crippen LogP contribution in [0.3, 0.4) is 0 Å². The Kier molecular flexibility index (Phi) is 4.66. The molecule has 0 aliphatic heterocycles. The van der Waals surface area contributed by atoms with Gasteiger partial charge in [0.15, 0.2) is 0 Å². The molecule has 19 heavy (non-hydrogen) atoms. The van der Waals surface area contributed by atoms with Crippen LogP contribution >= 0.6 is 0 Å². The minimum Gasteiger partial charge on any atom is -0.481 e. The number of hydrogen-bond acceptors (Lipinski definition) is 2. The number of carboxylic acid groups (broad SMARTS) is 1. The number of rotatable bonds is 5. The van der Waals surface area contributed by atoms with Gasteiger partial charge in [-0.25, -0.2) is 4.79 Å². The van der Waals surface area contributed by atoms with Crippen molar-refractivity contribution in [3.8, 4) is 0 Å². The fourth-order valence-electron chi connectivity index (χ4n) is 2.82. The van der Waals surface area contributed by atoms with Gasteiger partial charge in [-0.2, -0.15) is 0 Å². The van der Waals surface area contributed by atoms with E-state index in [1.807, 2.05) is 11.8 Å². The summed E-state index contributed by atoms with van der Waals surface area (Å²) in [5.41, 5.74) is 0. The second-order valence-electron chi connectivity index (χ2n) is 5.77. The van der Waals surface area contributed by atoms with Crippen LogP contribution in [0.4, 0.5) is 4.79 Å². The molecule has 5 nitrogen and oxygen atoms in total. The summed E-state index contributed by atoms with van der Waals surface area (Å²) < 4.78 is 0. The number of carbonyl (C=O) groups excluding carboxylic acids is 1. The van der Waals surface area contributed by atoms with Crippen LogP contribution in [-0.2, 0) is 4.79 Å². The zero-order chi connectivity index (χ0) is 13.8. The summed E-state index contributed by atoms with van der Waals surface area (Å²) in [5.74, 6) is -0.542. The lowest BCUT2D eigenvalue weighted by atomic mass is 9.84. The zero-order valence-electron chi connectivity index (χ0n) is 11.6. The van der Waals surface area contributed by atoms with Gasteiger partial charge in [0.25, 0.3) is 0 Å². The maximum atomic E-state index is 12.2. The standard InChI is InChI=1S/C14H24N2O3/c1-2-16(9-10-7-8-10)14(19)15-12-6-4-3-5-11(12)13(17)18/h10-12H,2-9H2,1H3,(H,15,19)(H,17,18). The van der Waals surface area contributed by atoms with Crippen LogP contribution in [0.5, 0.6) is 0 Å². The Labute approximate surface area is 114 Å². The van der Waals surface area contributed by atoms with E-state index in [9.17, 15) is 14.7 Å². The predicted octanol–water partition coefficient (Wildman–Crippen LogP) is 2.07. The van der Waals surface area contributed by atoms with Crippen molar-refractivity contribution in [3.05, 3.63) is 0 Å². The minimum absolute atomic E-state index is 0.0902. The molecule has 0 aromatic heterocycles. The lowest BCUT2D eigenvalue weighted by molar-refractivity contribution is -0.143. The van der Waals surface area contributed by atoms with Gasteiger partial charge in [-0.15, -0.1) is 0 Å². The molecule has 2 unspecified atom stereocenters. The van der Waals surface area contributed by atoms with Crippen LogP contribution in [-0.4, -0.2) is 41.1 Å². The number of carbonyl (C=O) groups is 2. The number of nitrogens with zero attached hydrogens (tertiary/aromatic N) is 1. The van der Waals surface area contributed by atoms with Gasteiger partial charge in [0.05, 0.1) is 5.92 Å². The van der Waals surface area contributed by atoms with Gasteiger partial charge in [-0.05, 0) is 38.5 Å². The van der Waals surface area contributed by atoms with E-state index in [1.54, 1.807) is 0 Å². The summed E-state index contributed by atoms with van der Waals surface area (Å²) in [6, 6.07) is -0.292. The fourth-order valence-corrected chi connectivity index (χ4v) is 2.82. The zero-order valence-corrected chi connectivity index (χ0v) is 11.6. The van der Waals surface area contributed by atoms with Gasteiger partial charge in [-0.3, -0.25) is 4.79 Å². The van der Waals surface area contributed by atoms with Crippen molar-refractivity contribution in [2.45, 2.75) is 51.5 Å². The maximum Gasteiger partial charge on any atom is 0.317 e. The predicted molar refractivity (Wildman–Crippen MR) is 71.9 cm³/mol. The molecule has 0 radical (unpaired) electrons. The highest BCUT2D eigenvalue weighted by Crippen LogP contribution is 2.30. The van der Waals surface area contributed by atoms with Crippen LogP contribution in [0.1, 0.15) is 45.4 Å². The van der Waals surface area contributed by atoms with Gasteiger partial charge in [0, 0.05) is 19.1 Å². The fraction of sp³-hybridized carbons (Fsp3) is 0.857. The monoisotopic (exact) mass is 268 g/mol. The van der Waals surface area contributed by atoms with Crippen LogP contribution in [0.15, 0.2) is 0 Å². The van der Waals surface area contributed by atoms with Gasteiger partial charge >= 0.3 is 12.0 Å². The third kappa shape index (κ3) is 3.85. The molecule has 2 atom stereocenters. The van der Waals surface area contributed by atoms with E-state index in [4.69, 9.17) is 0 Å². The molecule has 5 heteroatoms. The molecule has 0 aromatic carbocycles. The number of urea groups is 1.